The molecule has 0 aromatic heterocycles. The molecule has 0 fully saturated rings. The summed E-state index contributed by atoms with van der Waals surface area (Å²) in [5, 5.41) is 8.66. The van der Waals surface area contributed by atoms with Crippen molar-refractivity contribution in [2.45, 2.75) is 39.0 Å². The van der Waals surface area contributed by atoms with E-state index < -0.39 is 0 Å². The van der Waals surface area contributed by atoms with Crippen LogP contribution in [0.2, 0.25) is 0 Å². The van der Waals surface area contributed by atoms with E-state index in [2.05, 4.69) is 16.0 Å². The molecule has 30 heavy (non-hydrogen) atoms. The fourth-order valence-corrected chi connectivity index (χ4v) is 2.24. The van der Waals surface area contributed by atoms with E-state index in [0.29, 0.717) is 72.2 Å². The molecule has 0 aliphatic carbocycles. The van der Waals surface area contributed by atoms with Crippen molar-refractivity contribution in [3.63, 3.8) is 0 Å². The molecule has 0 unspecified atom stereocenters. The third-order valence-corrected chi connectivity index (χ3v) is 3.87. The minimum atomic E-state index is -0.105. The van der Waals surface area contributed by atoms with Gasteiger partial charge in [-0.2, -0.15) is 0 Å². The summed E-state index contributed by atoms with van der Waals surface area (Å²) in [7, 11) is 0. The summed E-state index contributed by atoms with van der Waals surface area (Å²) in [6.07, 6.45) is 2.46. The van der Waals surface area contributed by atoms with E-state index in [9.17, 15) is 14.4 Å². The molecule has 0 aliphatic rings. The number of hydrogen-bond donors (Lipinski definition) is 4. The summed E-state index contributed by atoms with van der Waals surface area (Å²) in [4.78, 5) is 33.7. The number of ether oxygens (including phenoxy) is 3. The van der Waals surface area contributed by atoms with Crippen LogP contribution < -0.4 is 21.7 Å². The minimum Gasteiger partial charge on any atom is -0.379 e. The molecule has 0 aliphatic heterocycles. The van der Waals surface area contributed by atoms with Crippen LogP contribution in [-0.4, -0.2) is 90.0 Å². The highest BCUT2D eigenvalue weighted by atomic mass is 16.5. The van der Waals surface area contributed by atoms with Gasteiger partial charge in [-0.15, -0.1) is 0 Å². The molecule has 176 valence electrons. The fraction of sp³-hybridized carbons (Fsp3) is 0.850. The third-order valence-electron chi connectivity index (χ3n) is 3.87. The summed E-state index contributed by atoms with van der Waals surface area (Å²) in [5.74, 6) is -0.0598. The van der Waals surface area contributed by atoms with Gasteiger partial charge in [0, 0.05) is 65.2 Å². The normalized spacial score (nSPS) is 10.7. The molecule has 0 aromatic carbocycles. The average molecular weight is 433 g/mol. The maximum absolute atomic E-state index is 11.5. The molecule has 0 saturated heterocycles. The predicted molar refractivity (Wildman–Crippen MR) is 114 cm³/mol. The highest BCUT2D eigenvalue weighted by Crippen LogP contribution is 1.91. The second-order valence-electron chi connectivity index (χ2n) is 6.73. The lowest BCUT2D eigenvalue weighted by Crippen LogP contribution is -2.30. The number of hydrogen-bond acceptors (Lipinski definition) is 8. The fourth-order valence-electron chi connectivity index (χ4n) is 2.24. The van der Waals surface area contributed by atoms with Gasteiger partial charge >= 0.3 is 0 Å². The standard InChI is InChI=1S/C20H40N4O6/c1-18(25)4-5-19(26)23-8-2-12-28-14-16-30-17-15-29-13-3-9-24-20(27)6-10-22-11-7-21/h22H,2-17,21H2,1H3,(H,23,26)(H,24,27). The molecular formula is C20H40N4O6. The molecular weight excluding hydrogens is 392 g/mol. The first kappa shape index (κ1) is 28.4. The van der Waals surface area contributed by atoms with Crippen molar-refractivity contribution in [1.82, 2.24) is 16.0 Å². The van der Waals surface area contributed by atoms with Gasteiger partial charge in [0.15, 0.2) is 0 Å². The summed E-state index contributed by atoms with van der Waals surface area (Å²) in [6, 6.07) is 0. The zero-order chi connectivity index (χ0) is 22.3. The number of ketones is 1. The Balaban J connectivity index is 3.18. The summed E-state index contributed by atoms with van der Waals surface area (Å²) >= 11 is 0. The smallest absolute Gasteiger partial charge is 0.221 e. The maximum Gasteiger partial charge on any atom is 0.221 e. The van der Waals surface area contributed by atoms with E-state index >= 15 is 0 Å². The highest BCUT2D eigenvalue weighted by molar-refractivity contribution is 5.83. The van der Waals surface area contributed by atoms with Crippen LogP contribution in [0.25, 0.3) is 0 Å². The minimum absolute atomic E-state index is 0.0191. The van der Waals surface area contributed by atoms with Gasteiger partial charge in [0.05, 0.1) is 26.4 Å². The van der Waals surface area contributed by atoms with Gasteiger partial charge in [-0.25, -0.2) is 0 Å². The first-order valence-corrected chi connectivity index (χ1v) is 10.7. The van der Waals surface area contributed by atoms with Crippen LogP contribution in [0.5, 0.6) is 0 Å². The third kappa shape index (κ3) is 22.7. The molecule has 0 bridgehead atoms. The van der Waals surface area contributed by atoms with Gasteiger partial charge in [-0.05, 0) is 19.8 Å². The Morgan fingerprint density at radius 1 is 0.667 bits per heavy atom. The van der Waals surface area contributed by atoms with Gasteiger partial charge < -0.3 is 40.7 Å². The van der Waals surface area contributed by atoms with Gasteiger partial charge in [0.1, 0.15) is 5.78 Å². The monoisotopic (exact) mass is 432 g/mol. The topological polar surface area (TPSA) is 141 Å². The van der Waals surface area contributed by atoms with Crippen LogP contribution in [0.15, 0.2) is 0 Å². The number of nitrogens with one attached hydrogen (secondary N) is 3. The van der Waals surface area contributed by atoms with Crippen molar-refractivity contribution in [1.29, 1.82) is 0 Å². The van der Waals surface area contributed by atoms with Gasteiger partial charge in [0.2, 0.25) is 11.8 Å². The Kier molecular flexibility index (Phi) is 20.9. The maximum atomic E-state index is 11.5. The van der Waals surface area contributed by atoms with Crippen molar-refractivity contribution in [2.24, 2.45) is 5.73 Å². The summed E-state index contributed by atoms with van der Waals surface area (Å²) in [5.41, 5.74) is 5.35. The van der Waals surface area contributed by atoms with E-state index in [1.165, 1.54) is 6.92 Å². The molecule has 0 atom stereocenters. The Morgan fingerprint density at radius 2 is 1.17 bits per heavy atom. The largest absolute Gasteiger partial charge is 0.379 e. The molecule has 0 rings (SSSR count). The molecule has 10 nitrogen and oxygen atoms in total. The second kappa shape index (κ2) is 22.1. The number of carbonyl (C=O) groups excluding carboxylic acids is 3. The van der Waals surface area contributed by atoms with Gasteiger partial charge in [-0.1, -0.05) is 0 Å². The molecule has 0 spiro atoms. The lowest BCUT2D eigenvalue weighted by atomic mass is 10.2. The first-order valence-electron chi connectivity index (χ1n) is 10.7. The van der Waals surface area contributed by atoms with Crippen LogP contribution >= 0.6 is 0 Å². The molecule has 2 amide bonds. The number of Topliss-reactive ketones (excluding diaryl/α,β-unsaturated/α-hetero) is 1. The predicted octanol–water partition coefficient (Wildman–Crippen LogP) is -0.644. The van der Waals surface area contributed by atoms with Crippen molar-refractivity contribution < 1.29 is 28.6 Å². The van der Waals surface area contributed by atoms with Crippen LogP contribution in [0.4, 0.5) is 0 Å². The van der Waals surface area contributed by atoms with Gasteiger partial charge in [0.25, 0.3) is 0 Å². The number of nitrogens with two attached hydrogens (primary N) is 1. The van der Waals surface area contributed by atoms with Crippen molar-refractivity contribution in [3.8, 4) is 0 Å². The first-order chi connectivity index (χ1) is 14.6. The quantitative estimate of drug-likeness (QED) is 0.166. The lowest BCUT2D eigenvalue weighted by Gasteiger charge is -2.08. The zero-order valence-electron chi connectivity index (χ0n) is 18.3. The second-order valence-corrected chi connectivity index (χ2v) is 6.73. The molecule has 10 heteroatoms. The number of amides is 2. The highest BCUT2D eigenvalue weighted by Gasteiger charge is 2.02. The van der Waals surface area contributed by atoms with E-state index in [1.54, 1.807) is 0 Å². The Bertz CT molecular complexity index is 451. The van der Waals surface area contributed by atoms with Gasteiger partial charge in [-0.3, -0.25) is 9.59 Å². The number of carbonyl (C=O) groups is 3. The van der Waals surface area contributed by atoms with Crippen LogP contribution in [-0.2, 0) is 28.6 Å². The summed E-state index contributed by atoms with van der Waals surface area (Å²) < 4.78 is 16.3. The molecule has 5 N–H and O–H groups in total. The van der Waals surface area contributed by atoms with Crippen molar-refractivity contribution in [3.05, 3.63) is 0 Å². The average Bonchev–Trinajstić information content (AvgIpc) is 2.72. The van der Waals surface area contributed by atoms with Crippen LogP contribution in [0.1, 0.15) is 39.0 Å². The van der Waals surface area contributed by atoms with Crippen molar-refractivity contribution >= 4 is 17.6 Å². The zero-order valence-corrected chi connectivity index (χ0v) is 18.3. The SMILES string of the molecule is CC(=O)CCC(=O)NCCCOCCOCCOCCCNC(=O)CCNCCN. The van der Waals surface area contributed by atoms with E-state index in [-0.39, 0.29) is 30.4 Å². The Hall–Kier alpha value is -1.59. The van der Waals surface area contributed by atoms with E-state index in [4.69, 9.17) is 19.9 Å². The number of rotatable bonds is 22. The lowest BCUT2D eigenvalue weighted by molar-refractivity contribution is -0.124. The Labute approximate surface area is 179 Å². The molecule has 0 radical (unpaired) electrons. The van der Waals surface area contributed by atoms with Crippen LogP contribution in [0.3, 0.4) is 0 Å². The van der Waals surface area contributed by atoms with E-state index in [0.717, 1.165) is 19.4 Å². The molecule has 0 aromatic rings. The molecule has 0 saturated carbocycles. The summed E-state index contributed by atoms with van der Waals surface area (Å²) in [6.45, 7) is 7.64. The Morgan fingerprint density at radius 3 is 1.67 bits per heavy atom. The van der Waals surface area contributed by atoms with Crippen molar-refractivity contribution in [2.75, 3.05) is 72.4 Å². The van der Waals surface area contributed by atoms with Crippen LogP contribution in [0, 0.1) is 0 Å². The van der Waals surface area contributed by atoms with E-state index in [1.807, 2.05) is 0 Å². The molecule has 0 heterocycles.